The maximum Gasteiger partial charge on any atom is 0.200 e. The Labute approximate surface area is 203 Å². The third kappa shape index (κ3) is 2.58. The Balaban J connectivity index is 1.40. The van der Waals surface area contributed by atoms with Crippen LogP contribution in [0.3, 0.4) is 0 Å². The third-order valence-electron chi connectivity index (χ3n) is 7.04. The summed E-state index contributed by atoms with van der Waals surface area (Å²) in [6.45, 7) is 0. The van der Waals surface area contributed by atoms with Gasteiger partial charge in [-0.2, -0.15) is 0 Å². The fraction of sp³-hybridized carbons (Fsp3) is 0. The molecule has 0 unspecified atom stereocenters. The van der Waals surface area contributed by atoms with E-state index in [2.05, 4.69) is 82.6 Å². The number of rotatable bonds is 1. The number of nitrogens with zero attached hydrogens (tertiary/aromatic N) is 2. The first-order valence-corrected chi connectivity index (χ1v) is 11.8. The van der Waals surface area contributed by atoms with Crippen LogP contribution in [-0.2, 0) is 0 Å². The Morgan fingerprint density at radius 3 is 1.54 bits per heavy atom. The quantitative estimate of drug-likeness (QED) is 0.265. The van der Waals surface area contributed by atoms with Gasteiger partial charge in [-0.3, -0.25) is 0 Å². The molecular formula is C30H19BN2O2. The highest BCUT2D eigenvalue weighted by Gasteiger charge is 2.36. The van der Waals surface area contributed by atoms with Crippen molar-refractivity contribution in [2.75, 3.05) is 9.80 Å². The molecule has 0 radical (unpaired) electrons. The van der Waals surface area contributed by atoms with Crippen LogP contribution >= 0.6 is 0 Å². The van der Waals surface area contributed by atoms with Gasteiger partial charge < -0.3 is 19.3 Å². The molecule has 0 atom stereocenters. The number of hydrogen-bond acceptors (Lipinski definition) is 4. The second kappa shape index (κ2) is 6.94. The molecule has 0 aliphatic carbocycles. The van der Waals surface area contributed by atoms with Crippen LogP contribution < -0.4 is 30.2 Å². The van der Waals surface area contributed by atoms with Crippen molar-refractivity contribution in [2.45, 2.75) is 0 Å². The number of benzene rings is 5. The summed E-state index contributed by atoms with van der Waals surface area (Å²) in [6, 6.07) is 37.7. The van der Waals surface area contributed by atoms with Gasteiger partial charge in [0.2, 0.25) is 7.28 Å². The summed E-state index contributed by atoms with van der Waals surface area (Å²) in [4.78, 5) is 4.71. The maximum absolute atomic E-state index is 6.31. The van der Waals surface area contributed by atoms with E-state index in [0.29, 0.717) is 0 Å². The third-order valence-corrected chi connectivity index (χ3v) is 7.04. The Kier molecular flexibility index (Phi) is 3.72. The lowest BCUT2D eigenvalue weighted by atomic mass is 9.59. The van der Waals surface area contributed by atoms with E-state index in [1.807, 2.05) is 36.4 Å². The molecule has 3 aliphatic rings. The molecular weight excluding hydrogens is 431 g/mol. The van der Waals surface area contributed by atoms with Crippen LogP contribution in [0, 0.1) is 0 Å². The highest BCUT2D eigenvalue weighted by molar-refractivity contribution is 6.73. The zero-order valence-corrected chi connectivity index (χ0v) is 18.8. The van der Waals surface area contributed by atoms with Crippen LogP contribution in [0.2, 0.25) is 0 Å². The molecule has 164 valence electrons. The monoisotopic (exact) mass is 450 g/mol. The van der Waals surface area contributed by atoms with Crippen LogP contribution in [0.4, 0.5) is 34.1 Å². The molecule has 0 spiro atoms. The molecule has 0 aromatic heterocycles. The minimum atomic E-state index is 0.818. The molecule has 35 heavy (non-hydrogen) atoms. The Morgan fingerprint density at radius 1 is 0.429 bits per heavy atom. The number of fused-ring (bicyclic) bond motifs is 6. The summed E-state index contributed by atoms with van der Waals surface area (Å²) in [6.07, 6.45) is 0. The maximum atomic E-state index is 6.31. The standard InChI is InChI=1S/C30H19BN2O2/c1-4-15-25-20(10-1)32(21-11-2-5-16-26(21)34-25)23-13-8-14-24-29(23)31-19-9-7-18-28-30(19)33(24)22-12-3-6-17-27(22)35-28/h1-18,31H. The lowest BCUT2D eigenvalue weighted by molar-refractivity contribution is 0.477. The normalized spacial score (nSPS) is 13.7. The zero-order valence-electron chi connectivity index (χ0n) is 18.8. The van der Waals surface area contributed by atoms with Gasteiger partial charge in [0.1, 0.15) is 0 Å². The van der Waals surface area contributed by atoms with Crippen molar-refractivity contribution in [3.63, 3.8) is 0 Å². The SMILES string of the molecule is B1c2cccc3c2N(c2ccccc2O3)c2cccc(N3c4ccccc4Oc4ccccc43)c21. The van der Waals surface area contributed by atoms with Crippen molar-refractivity contribution in [3.8, 4) is 23.0 Å². The molecule has 0 saturated carbocycles. The van der Waals surface area contributed by atoms with Gasteiger partial charge in [0.05, 0.1) is 22.7 Å². The Bertz CT molecular complexity index is 1620. The van der Waals surface area contributed by atoms with E-state index in [0.717, 1.165) is 58.7 Å². The zero-order chi connectivity index (χ0) is 22.9. The van der Waals surface area contributed by atoms with Crippen molar-refractivity contribution in [2.24, 2.45) is 0 Å². The highest BCUT2D eigenvalue weighted by atomic mass is 16.5. The van der Waals surface area contributed by atoms with Gasteiger partial charge in [-0.25, -0.2) is 0 Å². The largest absolute Gasteiger partial charge is 0.453 e. The lowest BCUT2D eigenvalue weighted by Gasteiger charge is -2.41. The molecule has 5 heteroatoms. The molecule has 8 rings (SSSR count). The van der Waals surface area contributed by atoms with Gasteiger partial charge >= 0.3 is 0 Å². The van der Waals surface area contributed by atoms with E-state index >= 15 is 0 Å². The number of hydrogen-bond donors (Lipinski definition) is 0. The number of para-hydroxylation sites is 7. The van der Waals surface area contributed by atoms with E-state index in [4.69, 9.17) is 9.47 Å². The predicted octanol–water partition coefficient (Wildman–Crippen LogP) is 6.54. The van der Waals surface area contributed by atoms with Crippen LogP contribution in [0.5, 0.6) is 23.0 Å². The van der Waals surface area contributed by atoms with Gasteiger partial charge in [-0.1, -0.05) is 60.1 Å². The van der Waals surface area contributed by atoms with Gasteiger partial charge in [0.15, 0.2) is 23.0 Å². The van der Waals surface area contributed by atoms with Crippen LogP contribution in [0.25, 0.3) is 0 Å². The minimum absolute atomic E-state index is 0.818. The molecule has 4 nitrogen and oxygen atoms in total. The minimum Gasteiger partial charge on any atom is -0.453 e. The first kappa shape index (κ1) is 18.8. The number of ether oxygens (including phenoxy) is 2. The van der Waals surface area contributed by atoms with Gasteiger partial charge in [0.25, 0.3) is 0 Å². The van der Waals surface area contributed by atoms with E-state index < -0.39 is 0 Å². The molecule has 0 saturated heterocycles. The first-order chi connectivity index (χ1) is 17.4. The number of anilines is 6. The highest BCUT2D eigenvalue weighted by Crippen LogP contribution is 2.53. The molecule has 3 aliphatic heterocycles. The van der Waals surface area contributed by atoms with E-state index in [1.165, 1.54) is 16.6 Å². The molecule has 5 aromatic rings. The average Bonchev–Trinajstić information content (AvgIpc) is 2.91. The van der Waals surface area contributed by atoms with E-state index in [-0.39, 0.29) is 0 Å². The summed E-state index contributed by atoms with van der Waals surface area (Å²) in [7, 11) is 0.818. The lowest BCUT2D eigenvalue weighted by Crippen LogP contribution is -2.43. The Morgan fingerprint density at radius 2 is 0.886 bits per heavy atom. The predicted molar refractivity (Wildman–Crippen MR) is 142 cm³/mol. The first-order valence-electron chi connectivity index (χ1n) is 11.8. The summed E-state index contributed by atoms with van der Waals surface area (Å²) in [5.74, 6) is 3.50. The summed E-state index contributed by atoms with van der Waals surface area (Å²) in [5, 5.41) is 0. The molecule has 0 bridgehead atoms. The second-order valence-corrected chi connectivity index (χ2v) is 8.99. The van der Waals surface area contributed by atoms with Crippen LogP contribution in [0.15, 0.2) is 109 Å². The van der Waals surface area contributed by atoms with Crippen LogP contribution in [0.1, 0.15) is 0 Å². The molecule has 5 aromatic carbocycles. The molecule has 0 amide bonds. The summed E-state index contributed by atoms with van der Waals surface area (Å²) in [5.41, 5.74) is 9.16. The van der Waals surface area contributed by atoms with Crippen molar-refractivity contribution in [1.82, 2.24) is 0 Å². The molecule has 0 N–H and O–H groups in total. The van der Waals surface area contributed by atoms with E-state index in [1.54, 1.807) is 0 Å². The second-order valence-electron chi connectivity index (χ2n) is 8.99. The fourth-order valence-corrected chi connectivity index (χ4v) is 5.58. The van der Waals surface area contributed by atoms with E-state index in [9.17, 15) is 0 Å². The van der Waals surface area contributed by atoms with Crippen molar-refractivity contribution in [3.05, 3.63) is 109 Å². The van der Waals surface area contributed by atoms with Crippen molar-refractivity contribution < 1.29 is 9.47 Å². The van der Waals surface area contributed by atoms with Crippen molar-refractivity contribution >= 4 is 52.3 Å². The van der Waals surface area contributed by atoms with Gasteiger partial charge in [-0.05, 0) is 60.1 Å². The molecule has 3 heterocycles. The summed E-state index contributed by atoms with van der Waals surface area (Å²) < 4.78 is 12.6. The topological polar surface area (TPSA) is 24.9 Å². The smallest absolute Gasteiger partial charge is 0.200 e. The van der Waals surface area contributed by atoms with Gasteiger partial charge in [0, 0.05) is 11.4 Å². The summed E-state index contributed by atoms with van der Waals surface area (Å²) >= 11 is 0. The van der Waals surface area contributed by atoms with Crippen LogP contribution in [-0.4, -0.2) is 7.28 Å². The van der Waals surface area contributed by atoms with Gasteiger partial charge in [-0.15, -0.1) is 0 Å². The van der Waals surface area contributed by atoms with Crippen molar-refractivity contribution in [1.29, 1.82) is 0 Å². The molecule has 0 fully saturated rings. The average molecular weight is 450 g/mol. The Hall–Kier alpha value is -4.64. The fourth-order valence-electron chi connectivity index (χ4n) is 5.58.